The van der Waals surface area contributed by atoms with E-state index in [2.05, 4.69) is 21.6 Å². The average Bonchev–Trinajstić information content (AvgIpc) is 2.73. The molecule has 0 radical (unpaired) electrons. The summed E-state index contributed by atoms with van der Waals surface area (Å²) >= 11 is 0. The van der Waals surface area contributed by atoms with E-state index in [1.807, 2.05) is 0 Å². The number of piperazine rings is 1. The second-order valence-corrected chi connectivity index (χ2v) is 10.9. The van der Waals surface area contributed by atoms with Gasteiger partial charge in [-0.1, -0.05) is 24.3 Å². The Balaban J connectivity index is 1.63. The van der Waals surface area contributed by atoms with Gasteiger partial charge in [-0.15, -0.1) is 0 Å². The van der Waals surface area contributed by atoms with Crippen LogP contribution >= 0.6 is 0 Å². The minimum atomic E-state index is -3.78. The molecule has 2 aromatic carbocycles. The lowest BCUT2D eigenvalue weighted by atomic mass is 10.3. The normalized spacial score (nSPS) is 16.7. The van der Waals surface area contributed by atoms with E-state index in [0.717, 1.165) is 32.7 Å². The Morgan fingerprint density at radius 2 is 1.45 bits per heavy atom. The zero-order valence-electron chi connectivity index (χ0n) is 16.5. The first kappa shape index (κ1) is 21.9. The second-order valence-electron chi connectivity index (χ2n) is 7.19. The van der Waals surface area contributed by atoms with E-state index in [1.54, 1.807) is 18.2 Å². The number of nitrogens with one attached hydrogen (secondary N) is 1. The summed E-state index contributed by atoms with van der Waals surface area (Å²) in [4.78, 5) is 4.64. The van der Waals surface area contributed by atoms with Gasteiger partial charge < -0.3 is 9.80 Å². The molecule has 29 heavy (non-hydrogen) atoms. The third-order valence-corrected chi connectivity index (χ3v) is 8.24. The van der Waals surface area contributed by atoms with Crippen LogP contribution in [0.15, 0.2) is 69.3 Å². The molecule has 0 aromatic heterocycles. The minimum Gasteiger partial charge on any atom is -0.304 e. The third-order valence-electron chi connectivity index (χ3n) is 5.02. The zero-order chi connectivity index (χ0) is 20.9. The van der Waals surface area contributed by atoms with Crippen molar-refractivity contribution in [2.75, 3.05) is 46.3 Å². The summed E-state index contributed by atoms with van der Waals surface area (Å²) in [7, 11) is -5.45. The first-order valence-corrected chi connectivity index (χ1v) is 12.6. The van der Waals surface area contributed by atoms with E-state index in [0.29, 0.717) is 13.0 Å². The maximum Gasteiger partial charge on any atom is 0.240 e. The molecule has 3 rings (SSSR count). The Morgan fingerprint density at radius 3 is 2.14 bits per heavy atom. The highest BCUT2D eigenvalue weighted by Gasteiger charge is 2.21. The molecule has 1 heterocycles. The summed E-state index contributed by atoms with van der Waals surface area (Å²) < 4.78 is 53.3. The predicted molar refractivity (Wildman–Crippen MR) is 112 cm³/mol. The number of rotatable bonds is 8. The van der Waals surface area contributed by atoms with Gasteiger partial charge in [0.15, 0.2) is 0 Å². The summed E-state index contributed by atoms with van der Waals surface area (Å²) in [5.41, 5.74) is 0. The van der Waals surface area contributed by atoms with Crippen LogP contribution in [-0.4, -0.2) is 73.0 Å². The monoisotopic (exact) mass is 437 g/mol. The number of likely N-dealkylation sites (N-methyl/N-ethyl adjacent to an activating group) is 1. The molecule has 0 spiro atoms. The molecule has 9 heteroatoms. The highest BCUT2D eigenvalue weighted by Crippen LogP contribution is 2.23. The fourth-order valence-corrected chi connectivity index (χ4v) is 5.73. The molecule has 0 atom stereocenters. The van der Waals surface area contributed by atoms with Crippen molar-refractivity contribution in [2.24, 2.45) is 0 Å². The molecule has 0 saturated carbocycles. The molecular formula is C20H27N3O4S2. The number of benzene rings is 2. The van der Waals surface area contributed by atoms with E-state index >= 15 is 0 Å². The lowest BCUT2D eigenvalue weighted by Gasteiger charge is -2.32. The first-order valence-electron chi connectivity index (χ1n) is 9.60. The van der Waals surface area contributed by atoms with Crippen molar-refractivity contribution in [1.29, 1.82) is 0 Å². The molecule has 0 unspecified atom stereocenters. The van der Waals surface area contributed by atoms with Crippen LogP contribution in [0.2, 0.25) is 0 Å². The van der Waals surface area contributed by atoms with Gasteiger partial charge in [0.1, 0.15) is 0 Å². The second kappa shape index (κ2) is 9.36. The number of hydrogen-bond donors (Lipinski definition) is 1. The van der Waals surface area contributed by atoms with E-state index < -0.39 is 19.9 Å². The smallest absolute Gasteiger partial charge is 0.240 e. The largest absolute Gasteiger partial charge is 0.304 e. The molecule has 1 saturated heterocycles. The summed E-state index contributed by atoms with van der Waals surface area (Å²) in [6, 6.07) is 13.5. The zero-order valence-corrected chi connectivity index (χ0v) is 18.1. The van der Waals surface area contributed by atoms with Gasteiger partial charge in [-0.25, -0.2) is 21.6 Å². The highest BCUT2D eigenvalue weighted by molar-refractivity contribution is 7.91. The van der Waals surface area contributed by atoms with Crippen LogP contribution in [-0.2, 0) is 19.9 Å². The van der Waals surface area contributed by atoms with E-state index in [1.165, 1.54) is 36.4 Å². The first-order chi connectivity index (χ1) is 13.8. The third kappa shape index (κ3) is 5.64. The standard InChI is InChI=1S/C20H27N3O4S2/c1-22-13-15-23(16-14-22)12-6-11-21-29(26,27)20-10-5-9-19(17-20)28(24,25)18-7-3-2-4-8-18/h2-5,7-10,17,21H,6,11-16H2,1H3. The molecule has 1 aliphatic rings. The van der Waals surface area contributed by atoms with Crippen LogP contribution in [0.25, 0.3) is 0 Å². The summed E-state index contributed by atoms with van der Waals surface area (Å²) in [5.74, 6) is 0. The lowest BCUT2D eigenvalue weighted by Crippen LogP contribution is -2.45. The topological polar surface area (TPSA) is 86.8 Å². The van der Waals surface area contributed by atoms with E-state index in [-0.39, 0.29) is 14.7 Å². The fourth-order valence-electron chi connectivity index (χ4n) is 3.21. The molecule has 0 aliphatic carbocycles. The molecule has 1 fully saturated rings. The van der Waals surface area contributed by atoms with Crippen LogP contribution in [0.4, 0.5) is 0 Å². The molecule has 158 valence electrons. The molecular weight excluding hydrogens is 410 g/mol. The maximum absolute atomic E-state index is 12.7. The fraction of sp³-hybridized carbons (Fsp3) is 0.400. The van der Waals surface area contributed by atoms with E-state index in [9.17, 15) is 16.8 Å². The van der Waals surface area contributed by atoms with Gasteiger partial charge in [0.25, 0.3) is 0 Å². The van der Waals surface area contributed by atoms with Crippen molar-refractivity contribution in [3.63, 3.8) is 0 Å². The Kier molecular flexibility index (Phi) is 7.07. The number of sulfone groups is 1. The quantitative estimate of drug-likeness (QED) is 0.629. The van der Waals surface area contributed by atoms with Gasteiger partial charge in [0.2, 0.25) is 19.9 Å². The molecule has 0 bridgehead atoms. The van der Waals surface area contributed by atoms with Crippen molar-refractivity contribution in [1.82, 2.24) is 14.5 Å². The molecule has 1 aliphatic heterocycles. The van der Waals surface area contributed by atoms with Crippen LogP contribution in [0.5, 0.6) is 0 Å². The van der Waals surface area contributed by atoms with Crippen molar-refractivity contribution < 1.29 is 16.8 Å². The van der Waals surface area contributed by atoms with Crippen molar-refractivity contribution in [2.45, 2.75) is 21.1 Å². The van der Waals surface area contributed by atoms with E-state index in [4.69, 9.17) is 0 Å². The summed E-state index contributed by atoms with van der Waals surface area (Å²) in [5, 5.41) is 0. The van der Waals surface area contributed by atoms with Crippen LogP contribution in [0, 0.1) is 0 Å². The lowest BCUT2D eigenvalue weighted by molar-refractivity contribution is 0.153. The number of hydrogen-bond acceptors (Lipinski definition) is 6. The van der Waals surface area contributed by atoms with Gasteiger partial charge in [-0.2, -0.15) is 0 Å². The Bertz CT molecular complexity index is 1020. The Morgan fingerprint density at radius 1 is 0.828 bits per heavy atom. The van der Waals surface area contributed by atoms with Gasteiger partial charge >= 0.3 is 0 Å². The van der Waals surface area contributed by atoms with Crippen molar-refractivity contribution in [3.8, 4) is 0 Å². The summed E-state index contributed by atoms with van der Waals surface area (Å²) in [6.07, 6.45) is 0.699. The number of sulfonamides is 1. The highest BCUT2D eigenvalue weighted by atomic mass is 32.2. The SMILES string of the molecule is CN1CCN(CCCNS(=O)(=O)c2cccc(S(=O)(=O)c3ccccc3)c2)CC1. The van der Waals surface area contributed by atoms with Crippen LogP contribution < -0.4 is 4.72 Å². The van der Waals surface area contributed by atoms with Crippen LogP contribution in [0.3, 0.4) is 0 Å². The average molecular weight is 438 g/mol. The van der Waals surface area contributed by atoms with Gasteiger partial charge in [-0.05, 0) is 50.3 Å². The molecule has 7 nitrogen and oxygen atoms in total. The van der Waals surface area contributed by atoms with Crippen molar-refractivity contribution >= 4 is 19.9 Å². The predicted octanol–water partition coefficient (Wildman–Crippen LogP) is 1.44. The van der Waals surface area contributed by atoms with Gasteiger partial charge in [-0.3, -0.25) is 0 Å². The molecule has 2 aromatic rings. The van der Waals surface area contributed by atoms with Gasteiger partial charge in [0, 0.05) is 32.7 Å². The van der Waals surface area contributed by atoms with Crippen molar-refractivity contribution in [3.05, 3.63) is 54.6 Å². The van der Waals surface area contributed by atoms with Gasteiger partial charge in [0.05, 0.1) is 14.7 Å². The molecule has 0 amide bonds. The summed E-state index contributed by atoms with van der Waals surface area (Å²) in [6.45, 7) is 5.16. The maximum atomic E-state index is 12.7. The Hall–Kier alpha value is -1.78. The molecule has 1 N–H and O–H groups in total. The Labute approximate surface area is 173 Å². The minimum absolute atomic E-state index is 0.0380. The number of nitrogens with zero attached hydrogens (tertiary/aromatic N) is 2. The van der Waals surface area contributed by atoms with Crippen LogP contribution in [0.1, 0.15) is 6.42 Å².